The molecule has 3 rings (SSSR count). The van der Waals surface area contributed by atoms with E-state index < -0.39 is 49.9 Å². The van der Waals surface area contributed by atoms with Crippen molar-refractivity contribution in [3.05, 3.63) is 90.9 Å². The van der Waals surface area contributed by atoms with Crippen molar-refractivity contribution in [1.29, 1.82) is 0 Å². The summed E-state index contributed by atoms with van der Waals surface area (Å²) in [7, 11) is -3.34. The number of amides is 2. The summed E-state index contributed by atoms with van der Waals surface area (Å²) in [6.07, 6.45) is 0. The number of hydrogen-bond acceptors (Lipinski definition) is 7. The first kappa shape index (κ1) is 34.9. The van der Waals surface area contributed by atoms with Crippen LogP contribution in [-0.2, 0) is 26.2 Å². The Hall–Kier alpha value is -3.58. The Labute approximate surface area is 270 Å². The van der Waals surface area contributed by atoms with Gasteiger partial charge in [0.2, 0.25) is 11.8 Å². The maximum atomic E-state index is 14.2. The molecule has 44 heavy (non-hydrogen) atoms. The van der Waals surface area contributed by atoms with E-state index in [1.165, 1.54) is 62.3 Å². The smallest absolute Gasteiger partial charge is 0.273 e. The van der Waals surface area contributed by atoms with E-state index in [1.54, 1.807) is 26.0 Å². The highest BCUT2D eigenvalue weighted by Crippen LogP contribution is 2.36. The Morgan fingerprint density at radius 2 is 1.68 bits per heavy atom. The summed E-state index contributed by atoms with van der Waals surface area (Å²) in [5, 5.41) is 15.0. The van der Waals surface area contributed by atoms with Crippen LogP contribution >= 0.6 is 34.8 Å². The van der Waals surface area contributed by atoms with Crippen LogP contribution in [0.2, 0.25) is 15.1 Å². The SMILES string of the molecule is COc1ccc(Cl)cc1N(CC(=O)N(Cc1ccc(Cl)c(Cl)c1)[C@@H](C)C(=O)NC(C)C)S(=O)(=O)c1ccc(C)c([N+](=O)[O-])c1. The molecule has 11 nitrogen and oxygen atoms in total. The van der Waals surface area contributed by atoms with Gasteiger partial charge in [0.25, 0.3) is 15.7 Å². The van der Waals surface area contributed by atoms with E-state index in [4.69, 9.17) is 39.5 Å². The molecule has 0 aliphatic heterocycles. The quantitative estimate of drug-likeness (QED) is 0.182. The molecule has 0 unspecified atom stereocenters. The average molecular weight is 686 g/mol. The number of rotatable bonds is 12. The maximum absolute atomic E-state index is 14.2. The maximum Gasteiger partial charge on any atom is 0.273 e. The van der Waals surface area contributed by atoms with E-state index in [0.29, 0.717) is 5.56 Å². The Balaban J connectivity index is 2.17. The number of halogens is 3. The minimum absolute atomic E-state index is 0.0639. The molecule has 15 heteroatoms. The van der Waals surface area contributed by atoms with E-state index >= 15 is 0 Å². The summed E-state index contributed by atoms with van der Waals surface area (Å²) < 4.78 is 34.5. The lowest BCUT2D eigenvalue weighted by Crippen LogP contribution is -2.52. The number of anilines is 1. The lowest BCUT2D eigenvalue weighted by Gasteiger charge is -2.32. The molecule has 0 heterocycles. The fourth-order valence-corrected chi connectivity index (χ4v) is 6.19. The van der Waals surface area contributed by atoms with Crippen LogP contribution in [0.15, 0.2) is 59.5 Å². The summed E-state index contributed by atoms with van der Waals surface area (Å²) in [6.45, 7) is 5.56. The standard InChI is InChI=1S/C29H31Cl3N4O7S/c1-17(2)33-29(38)19(4)34(15-20-7-10-23(31)24(32)12-20)28(37)16-35(26-13-21(30)8-11-27(26)43-5)44(41,42)22-9-6-18(3)25(14-22)36(39)40/h6-14,17,19H,15-16H2,1-5H3,(H,33,38)/t19-/m0/s1. The number of sulfonamides is 1. The summed E-state index contributed by atoms with van der Waals surface area (Å²) in [5.74, 6) is -1.18. The highest BCUT2D eigenvalue weighted by molar-refractivity contribution is 7.92. The zero-order valence-corrected chi connectivity index (χ0v) is 27.6. The molecule has 3 aromatic carbocycles. The van der Waals surface area contributed by atoms with Crippen molar-refractivity contribution in [2.24, 2.45) is 0 Å². The number of ether oxygens (including phenoxy) is 1. The van der Waals surface area contributed by atoms with E-state index in [2.05, 4.69) is 5.32 Å². The molecule has 1 atom stereocenters. The van der Waals surface area contributed by atoms with Gasteiger partial charge in [-0.25, -0.2) is 8.42 Å². The van der Waals surface area contributed by atoms with Gasteiger partial charge in [0, 0.05) is 29.2 Å². The topological polar surface area (TPSA) is 139 Å². The second-order valence-electron chi connectivity index (χ2n) is 10.1. The Morgan fingerprint density at radius 3 is 2.27 bits per heavy atom. The molecule has 1 N–H and O–H groups in total. The predicted octanol–water partition coefficient (Wildman–Crippen LogP) is 6.01. The third kappa shape index (κ3) is 8.12. The van der Waals surface area contributed by atoms with E-state index in [0.717, 1.165) is 10.4 Å². The van der Waals surface area contributed by atoms with Crippen LogP contribution in [0.5, 0.6) is 5.75 Å². The highest BCUT2D eigenvalue weighted by Gasteiger charge is 2.35. The molecule has 0 aliphatic rings. The van der Waals surface area contributed by atoms with Gasteiger partial charge >= 0.3 is 0 Å². The minimum Gasteiger partial charge on any atom is -0.495 e. The number of nitrogens with one attached hydrogen (secondary N) is 1. The number of hydrogen-bond donors (Lipinski definition) is 1. The number of aryl methyl sites for hydroxylation is 1. The average Bonchev–Trinajstić information content (AvgIpc) is 2.95. The van der Waals surface area contributed by atoms with Crippen molar-refractivity contribution >= 4 is 68.0 Å². The number of nitrogens with zero attached hydrogens (tertiary/aromatic N) is 3. The number of benzene rings is 3. The molecule has 0 aliphatic carbocycles. The summed E-state index contributed by atoms with van der Waals surface area (Å²) >= 11 is 18.5. The van der Waals surface area contributed by atoms with Gasteiger partial charge in [0.15, 0.2) is 0 Å². The summed E-state index contributed by atoms with van der Waals surface area (Å²) in [6, 6.07) is 11.0. The molecule has 0 saturated carbocycles. The first-order valence-corrected chi connectivity index (χ1v) is 15.8. The van der Waals surface area contributed by atoms with Gasteiger partial charge in [-0.2, -0.15) is 0 Å². The minimum atomic E-state index is -4.65. The largest absolute Gasteiger partial charge is 0.495 e. The second-order valence-corrected chi connectivity index (χ2v) is 13.3. The van der Waals surface area contributed by atoms with Crippen molar-refractivity contribution in [2.45, 2.75) is 51.2 Å². The molecule has 0 saturated heterocycles. The summed E-state index contributed by atoms with van der Waals surface area (Å²) in [4.78, 5) is 38.9. The molecular formula is C29H31Cl3N4O7S. The molecular weight excluding hydrogens is 655 g/mol. The fraction of sp³-hybridized carbons (Fsp3) is 0.310. The zero-order chi connectivity index (χ0) is 32.9. The molecule has 0 bridgehead atoms. The molecule has 0 aromatic heterocycles. The van der Waals surface area contributed by atoms with Crippen molar-refractivity contribution < 1.29 is 27.7 Å². The first-order chi connectivity index (χ1) is 20.6. The lowest BCUT2D eigenvalue weighted by molar-refractivity contribution is -0.385. The fourth-order valence-electron chi connectivity index (χ4n) is 4.27. The monoisotopic (exact) mass is 684 g/mol. The van der Waals surface area contributed by atoms with Crippen molar-refractivity contribution in [3.63, 3.8) is 0 Å². The van der Waals surface area contributed by atoms with Crippen LogP contribution in [0.1, 0.15) is 31.9 Å². The van der Waals surface area contributed by atoms with Gasteiger partial charge in [0.05, 0.1) is 32.7 Å². The molecule has 0 radical (unpaired) electrons. The molecule has 236 valence electrons. The summed E-state index contributed by atoms with van der Waals surface area (Å²) in [5.41, 5.74) is 0.261. The molecule has 3 aromatic rings. The second kappa shape index (κ2) is 14.5. The number of carbonyl (C=O) groups excluding carboxylic acids is 2. The van der Waals surface area contributed by atoms with Gasteiger partial charge in [0.1, 0.15) is 18.3 Å². The Morgan fingerprint density at radius 1 is 1.00 bits per heavy atom. The van der Waals surface area contributed by atoms with Gasteiger partial charge in [-0.3, -0.25) is 24.0 Å². The molecule has 0 fully saturated rings. The zero-order valence-electron chi connectivity index (χ0n) is 24.5. The van der Waals surface area contributed by atoms with Gasteiger partial charge < -0.3 is 15.0 Å². The van der Waals surface area contributed by atoms with Crippen LogP contribution in [0, 0.1) is 17.0 Å². The highest BCUT2D eigenvalue weighted by atomic mass is 35.5. The van der Waals surface area contributed by atoms with E-state index in [9.17, 15) is 28.1 Å². The predicted molar refractivity (Wildman–Crippen MR) is 170 cm³/mol. The van der Waals surface area contributed by atoms with Crippen LogP contribution in [-0.4, -0.2) is 55.8 Å². The van der Waals surface area contributed by atoms with Gasteiger partial charge in [-0.05, 0) is 69.7 Å². The lowest BCUT2D eigenvalue weighted by atomic mass is 10.1. The number of carbonyl (C=O) groups is 2. The van der Waals surface area contributed by atoms with Crippen molar-refractivity contribution in [3.8, 4) is 5.75 Å². The van der Waals surface area contributed by atoms with Crippen LogP contribution < -0.4 is 14.4 Å². The number of nitro groups is 1. The van der Waals surface area contributed by atoms with E-state index in [-0.39, 0.29) is 44.7 Å². The van der Waals surface area contributed by atoms with Crippen molar-refractivity contribution in [1.82, 2.24) is 10.2 Å². The Kier molecular flexibility index (Phi) is 11.5. The van der Waals surface area contributed by atoms with Crippen LogP contribution in [0.3, 0.4) is 0 Å². The molecule has 0 spiro atoms. The number of nitro benzene ring substituents is 1. The molecule has 2 amide bonds. The normalized spacial score (nSPS) is 12.0. The third-order valence-corrected chi connectivity index (χ3v) is 9.32. The van der Waals surface area contributed by atoms with Gasteiger partial charge in [-0.1, -0.05) is 46.9 Å². The Bertz CT molecular complexity index is 1690. The number of methoxy groups -OCH3 is 1. The van der Waals surface area contributed by atoms with Crippen LogP contribution in [0.25, 0.3) is 0 Å². The third-order valence-electron chi connectivity index (χ3n) is 6.59. The first-order valence-electron chi connectivity index (χ1n) is 13.2. The van der Waals surface area contributed by atoms with Crippen LogP contribution in [0.4, 0.5) is 11.4 Å². The van der Waals surface area contributed by atoms with E-state index in [1.807, 2.05) is 0 Å². The van der Waals surface area contributed by atoms with Crippen molar-refractivity contribution in [2.75, 3.05) is 18.0 Å². The van der Waals surface area contributed by atoms with Gasteiger partial charge in [-0.15, -0.1) is 0 Å².